The van der Waals surface area contributed by atoms with Gasteiger partial charge in [0.05, 0.1) is 6.10 Å². The summed E-state index contributed by atoms with van der Waals surface area (Å²) in [6, 6.07) is 8.59. The average molecular weight is 275 g/mol. The van der Waals surface area contributed by atoms with Crippen LogP contribution < -0.4 is 0 Å². The molecule has 0 radical (unpaired) electrons. The molecule has 1 aromatic rings. The summed E-state index contributed by atoms with van der Waals surface area (Å²) in [5, 5.41) is 10.9. The van der Waals surface area contributed by atoms with Crippen LogP contribution in [0.25, 0.3) is 0 Å². The Kier molecular flexibility index (Phi) is 5.22. The third-order valence-electron chi connectivity index (χ3n) is 5.03. The summed E-state index contributed by atoms with van der Waals surface area (Å²) in [6.07, 6.45) is 5.30. The number of hydrogen-bond acceptors (Lipinski definition) is 2. The first-order chi connectivity index (χ1) is 9.62. The molecule has 0 aromatic heterocycles. The van der Waals surface area contributed by atoms with Crippen LogP contribution in [0.2, 0.25) is 0 Å². The monoisotopic (exact) mass is 275 g/mol. The zero-order chi connectivity index (χ0) is 14.6. The molecule has 1 aliphatic carbocycles. The zero-order valence-corrected chi connectivity index (χ0v) is 13.2. The van der Waals surface area contributed by atoms with Crippen LogP contribution >= 0.6 is 0 Å². The van der Waals surface area contributed by atoms with Crippen LogP contribution in [-0.2, 0) is 6.42 Å². The van der Waals surface area contributed by atoms with E-state index >= 15 is 0 Å². The summed E-state index contributed by atoms with van der Waals surface area (Å²) in [5.74, 6) is 0. The van der Waals surface area contributed by atoms with Gasteiger partial charge in [0.25, 0.3) is 0 Å². The molecule has 1 aliphatic rings. The number of nitrogens with zero attached hydrogens (tertiary/aromatic N) is 1. The Balaban J connectivity index is 2.14. The van der Waals surface area contributed by atoms with E-state index in [1.165, 1.54) is 24.0 Å². The molecule has 1 aromatic carbocycles. The molecule has 0 amide bonds. The highest BCUT2D eigenvalue weighted by Crippen LogP contribution is 2.39. The van der Waals surface area contributed by atoms with Crippen molar-refractivity contribution in [1.82, 2.24) is 4.90 Å². The van der Waals surface area contributed by atoms with Gasteiger partial charge < -0.3 is 5.11 Å². The molecular formula is C18H29NO. The summed E-state index contributed by atoms with van der Waals surface area (Å²) in [7, 11) is 0. The topological polar surface area (TPSA) is 23.5 Å². The maximum Gasteiger partial charge on any atom is 0.0764 e. The second-order valence-electron chi connectivity index (χ2n) is 6.19. The van der Waals surface area contributed by atoms with Gasteiger partial charge in [-0.25, -0.2) is 0 Å². The summed E-state index contributed by atoms with van der Waals surface area (Å²) < 4.78 is 0. The standard InChI is InChI=1S/C18H29NO/c1-4-19(5-2)18(12-6-7-13-18)17(20)14-16-10-8-15(3)9-11-16/h8-11,17,20H,4-7,12-14H2,1-3H3. The molecule has 1 N–H and O–H groups in total. The van der Waals surface area contributed by atoms with E-state index in [1.54, 1.807) is 0 Å². The van der Waals surface area contributed by atoms with Crippen molar-refractivity contribution in [3.8, 4) is 0 Å². The highest BCUT2D eigenvalue weighted by molar-refractivity contribution is 5.22. The summed E-state index contributed by atoms with van der Waals surface area (Å²) in [6.45, 7) is 8.59. The number of aliphatic hydroxyl groups excluding tert-OH is 1. The Hall–Kier alpha value is -0.860. The number of aliphatic hydroxyl groups is 1. The molecule has 20 heavy (non-hydrogen) atoms. The molecule has 2 rings (SSSR count). The fraction of sp³-hybridized carbons (Fsp3) is 0.667. The summed E-state index contributed by atoms with van der Waals surface area (Å²) in [4.78, 5) is 2.48. The van der Waals surface area contributed by atoms with E-state index in [-0.39, 0.29) is 11.6 Å². The quantitative estimate of drug-likeness (QED) is 0.858. The third kappa shape index (κ3) is 3.07. The Morgan fingerprint density at radius 3 is 2.15 bits per heavy atom. The Labute approximate surface area is 123 Å². The van der Waals surface area contributed by atoms with Crippen molar-refractivity contribution in [3.63, 3.8) is 0 Å². The molecule has 0 spiro atoms. The molecular weight excluding hydrogens is 246 g/mol. The first-order valence-electron chi connectivity index (χ1n) is 8.11. The van der Waals surface area contributed by atoms with Crippen LogP contribution in [0.4, 0.5) is 0 Å². The van der Waals surface area contributed by atoms with Crippen molar-refractivity contribution in [2.45, 2.75) is 64.5 Å². The molecule has 112 valence electrons. The molecule has 2 heteroatoms. The van der Waals surface area contributed by atoms with Gasteiger partial charge in [0.2, 0.25) is 0 Å². The van der Waals surface area contributed by atoms with Crippen molar-refractivity contribution in [3.05, 3.63) is 35.4 Å². The lowest BCUT2D eigenvalue weighted by Gasteiger charge is -2.44. The maximum atomic E-state index is 10.9. The van der Waals surface area contributed by atoms with Crippen molar-refractivity contribution < 1.29 is 5.11 Å². The first kappa shape index (κ1) is 15.5. The number of hydrogen-bond donors (Lipinski definition) is 1. The lowest BCUT2D eigenvalue weighted by molar-refractivity contribution is -0.0244. The predicted octanol–water partition coefficient (Wildman–Crippen LogP) is 3.55. The van der Waals surface area contributed by atoms with Crippen molar-refractivity contribution in [1.29, 1.82) is 0 Å². The second kappa shape index (κ2) is 6.73. The average Bonchev–Trinajstić information content (AvgIpc) is 2.93. The summed E-state index contributed by atoms with van der Waals surface area (Å²) in [5.41, 5.74) is 2.54. The van der Waals surface area contributed by atoms with Crippen LogP contribution in [0.3, 0.4) is 0 Å². The molecule has 1 saturated carbocycles. The first-order valence-corrected chi connectivity index (χ1v) is 8.11. The van der Waals surface area contributed by atoms with Crippen LogP contribution in [0.1, 0.15) is 50.7 Å². The van der Waals surface area contributed by atoms with Gasteiger partial charge in [-0.15, -0.1) is 0 Å². The molecule has 0 aliphatic heterocycles. The SMILES string of the molecule is CCN(CC)C1(C(O)Cc2ccc(C)cc2)CCCC1. The summed E-state index contributed by atoms with van der Waals surface area (Å²) >= 11 is 0. The van der Waals surface area contributed by atoms with Gasteiger partial charge >= 0.3 is 0 Å². The van der Waals surface area contributed by atoms with Gasteiger partial charge in [-0.1, -0.05) is 56.5 Å². The van der Waals surface area contributed by atoms with Crippen molar-refractivity contribution in [2.75, 3.05) is 13.1 Å². The van der Waals surface area contributed by atoms with Gasteiger partial charge in [0, 0.05) is 12.0 Å². The number of benzene rings is 1. The van der Waals surface area contributed by atoms with Crippen LogP contribution in [0.5, 0.6) is 0 Å². The fourth-order valence-electron chi connectivity index (χ4n) is 3.84. The van der Waals surface area contributed by atoms with E-state index in [4.69, 9.17) is 0 Å². The van der Waals surface area contributed by atoms with Gasteiger partial charge in [-0.2, -0.15) is 0 Å². The normalized spacial score (nSPS) is 19.4. The van der Waals surface area contributed by atoms with Crippen molar-refractivity contribution in [2.24, 2.45) is 0 Å². The van der Waals surface area contributed by atoms with Crippen LogP contribution in [0.15, 0.2) is 24.3 Å². The fourth-order valence-corrected chi connectivity index (χ4v) is 3.84. The van der Waals surface area contributed by atoms with E-state index < -0.39 is 0 Å². The van der Waals surface area contributed by atoms with Gasteiger partial charge in [-0.3, -0.25) is 4.90 Å². The van der Waals surface area contributed by atoms with Crippen LogP contribution in [0, 0.1) is 6.92 Å². The lowest BCUT2D eigenvalue weighted by atomic mass is 9.84. The molecule has 1 atom stereocenters. The third-order valence-corrected chi connectivity index (χ3v) is 5.03. The Morgan fingerprint density at radius 1 is 1.10 bits per heavy atom. The molecule has 0 saturated heterocycles. The second-order valence-corrected chi connectivity index (χ2v) is 6.19. The number of rotatable bonds is 6. The Bertz CT molecular complexity index is 402. The minimum Gasteiger partial charge on any atom is -0.391 e. The minimum absolute atomic E-state index is 0.00832. The maximum absolute atomic E-state index is 10.9. The smallest absolute Gasteiger partial charge is 0.0764 e. The highest BCUT2D eigenvalue weighted by atomic mass is 16.3. The van der Waals surface area contributed by atoms with Crippen LogP contribution in [-0.4, -0.2) is 34.7 Å². The predicted molar refractivity (Wildman–Crippen MR) is 85.0 cm³/mol. The zero-order valence-electron chi connectivity index (χ0n) is 13.2. The van der Waals surface area contributed by atoms with Gasteiger partial charge in [0.15, 0.2) is 0 Å². The minimum atomic E-state index is -0.257. The van der Waals surface area contributed by atoms with Crippen molar-refractivity contribution >= 4 is 0 Å². The molecule has 1 unspecified atom stereocenters. The Morgan fingerprint density at radius 2 is 1.65 bits per heavy atom. The molecule has 0 heterocycles. The van der Waals surface area contributed by atoms with E-state index in [2.05, 4.69) is 49.9 Å². The van der Waals surface area contributed by atoms with E-state index in [9.17, 15) is 5.11 Å². The molecule has 1 fully saturated rings. The number of aryl methyl sites for hydroxylation is 1. The number of likely N-dealkylation sites (N-methyl/N-ethyl adjacent to an activating group) is 1. The largest absolute Gasteiger partial charge is 0.391 e. The molecule has 2 nitrogen and oxygen atoms in total. The molecule has 0 bridgehead atoms. The van der Waals surface area contributed by atoms with E-state index in [1.807, 2.05) is 0 Å². The van der Waals surface area contributed by atoms with E-state index in [0.29, 0.717) is 0 Å². The van der Waals surface area contributed by atoms with E-state index in [0.717, 1.165) is 32.4 Å². The van der Waals surface area contributed by atoms with Gasteiger partial charge in [0.1, 0.15) is 0 Å². The van der Waals surface area contributed by atoms with Gasteiger partial charge in [-0.05, 0) is 38.4 Å². The highest BCUT2D eigenvalue weighted by Gasteiger charge is 2.44. The lowest BCUT2D eigenvalue weighted by Crippen LogP contribution is -2.55.